The van der Waals surface area contributed by atoms with E-state index in [0.29, 0.717) is 0 Å². The van der Waals surface area contributed by atoms with Crippen LogP contribution in [0.4, 0.5) is 0 Å². The van der Waals surface area contributed by atoms with Gasteiger partial charge in [-0.05, 0) is 0 Å². The molecule has 100 valence electrons. The number of hydrogen-bond acceptors (Lipinski definition) is 8. The van der Waals surface area contributed by atoms with Gasteiger partial charge in [0.1, 0.15) is 30.5 Å². The van der Waals surface area contributed by atoms with Gasteiger partial charge in [-0.25, -0.2) is 4.79 Å². The van der Waals surface area contributed by atoms with E-state index in [1.165, 1.54) is 0 Å². The molecule has 9 heteroatoms. The molecule has 0 aromatic carbocycles. The first-order chi connectivity index (χ1) is 7.77. The molecule has 1 fully saturated rings. The SMILES string of the molecule is O=C(O)C(O)C(O)C(O)C1OC(O)C(O)C1O. The third-order valence-electron chi connectivity index (χ3n) is 2.54. The number of carboxylic acids is 1. The number of aliphatic carboxylic acids is 1. The molecule has 1 heterocycles. The summed E-state index contributed by atoms with van der Waals surface area (Å²) in [6.45, 7) is 0. The van der Waals surface area contributed by atoms with Gasteiger partial charge in [0.2, 0.25) is 0 Å². The predicted molar refractivity (Wildman–Crippen MR) is 48.5 cm³/mol. The van der Waals surface area contributed by atoms with Crippen molar-refractivity contribution in [2.45, 2.75) is 42.9 Å². The van der Waals surface area contributed by atoms with Crippen LogP contribution in [-0.2, 0) is 9.53 Å². The van der Waals surface area contributed by atoms with Crippen LogP contribution in [0.15, 0.2) is 0 Å². The largest absolute Gasteiger partial charge is 0.479 e. The zero-order valence-corrected chi connectivity index (χ0v) is 8.49. The Bertz CT molecular complexity index is 282. The van der Waals surface area contributed by atoms with Crippen molar-refractivity contribution in [3.8, 4) is 0 Å². The Labute approximate surface area is 95.1 Å². The molecule has 7 N–H and O–H groups in total. The van der Waals surface area contributed by atoms with Crippen molar-refractivity contribution in [1.82, 2.24) is 0 Å². The maximum absolute atomic E-state index is 10.3. The van der Waals surface area contributed by atoms with Crippen LogP contribution in [0.25, 0.3) is 0 Å². The monoisotopic (exact) mass is 254 g/mol. The number of aliphatic hydroxyl groups is 6. The van der Waals surface area contributed by atoms with Crippen molar-refractivity contribution in [2.75, 3.05) is 0 Å². The molecule has 7 atom stereocenters. The van der Waals surface area contributed by atoms with Crippen LogP contribution in [-0.4, -0.2) is 84.6 Å². The molecule has 0 radical (unpaired) electrons. The van der Waals surface area contributed by atoms with Gasteiger partial charge in [-0.2, -0.15) is 0 Å². The minimum absolute atomic E-state index is 1.61. The molecule has 0 amide bonds. The summed E-state index contributed by atoms with van der Waals surface area (Å²) in [5, 5.41) is 63.6. The summed E-state index contributed by atoms with van der Waals surface area (Å²) in [4.78, 5) is 10.3. The van der Waals surface area contributed by atoms with Crippen LogP contribution in [0.5, 0.6) is 0 Å². The van der Waals surface area contributed by atoms with Crippen LogP contribution in [0.1, 0.15) is 0 Å². The van der Waals surface area contributed by atoms with Gasteiger partial charge in [-0.3, -0.25) is 0 Å². The fraction of sp³-hybridized carbons (Fsp3) is 0.875. The number of rotatable bonds is 4. The Morgan fingerprint density at radius 3 is 1.94 bits per heavy atom. The number of ether oxygens (including phenoxy) is 1. The van der Waals surface area contributed by atoms with Crippen molar-refractivity contribution in [2.24, 2.45) is 0 Å². The number of carboxylic acid groups (broad SMARTS) is 1. The normalized spacial score (nSPS) is 38.7. The quantitative estimate of drug-likeness (QED) is 0.262. The first kappa shape index (κ1) is 14.3. The van der Waals surface area contributed by atoms with E-state index in [1.807, 2.05) is 0 Å². The molecule has 1 rings (SSSR count). The van der Waals surface area contributed by atoms with Crippen molar-refractivity contribution in [3.05, 3.63) is 0 Å². The van der Waals surface area contributed by atoms with E-state index in [-0.39, 0.29) is 0 Å². The second-order valence-corrected chi connectivity index (χ2v) is 3.74. The van der Waals surface area contributed by atoms with E-state index in [0.717, 1.165) is 0 Å². The zero-order valence-electron chi connectivity index (χ0n) is 8.49. The van der Waals surface area contributed by atoms with E-state index >= 15 is 0 Å². The van der Waals surface area contributed by atoms with Crippen LogP contribution >= 0.6 is 0 Å². The Kier molecular flexibility index (Phi) is 4.38. The summed E-state index contributed by atoms with van der Waals surface area (Å²) in [7, 11) is 0. The molecular weight excluding hydrogens is 240 g/mol. The highest BCUT2D eigenvalue weighted by Crippen LogP contribution is 2.24. The lowest BCUT2D eigenvalue weighted by atomic mass is 9.98. The topological polar surface area (TPSA) is 168 Å². The van der Waals surface area contributed by atoms with E-state index in [1.54, 1.807) is 0 Å². The molecular formula is C8H14O9. The average molecular weight is 254 g/mol. The number of hydrogen-bond donors (Lipinski definition) is 7. The lowest BCUT2D eigenvalue weighted by Gasteiger charge is -2.26. The van der Waals surface area contributed by atoms with Gasteiger partial charge >= 0.3 is 5.97 Å². The summed E-state index contributed by atoms with van der Waals surface area (Å²) in [6, 6.07) is 0. The Morgan fingerprint density at radius 2 is 1.59 bits per heavy atom. The number of carbonyl (C=O) groups is 1. The molecule has 7 unspecified atom stereocenters. The van der Waals surface area contributed by atoms with Gasteiger partial charge in [0.15, 0.2) is 12.4 Å². The van der Waals surface area contributed by atoms with Crippen LogP contribution in [0, 0.1) is 0 Å². The molecule has 0 aromatic rings. The van der Waals surface area contributed by atoms with Crippen molar-refractivity contribution in [3.63, 3.8) is 0 Å². The van der Waals surface area contributed by atoms with Gasteiger partial charge in [0, 0.05) is 0 Å². The van der Waals surface area contributed by atoms with Crippen molar-refractivity contribution < 1.29 is 45.3 Å². The summed E-state index contributed by atoms with van der Waals surface area (Å²) in [5.41, 5.74) is 0. The molecule has 1 aliphatic heterocycles. The third kappa shape index (κ3) is 2.72. The van der Waals surface area contributed by atoms with E-state index in [9.17, 15) is 20.1 Å². The molecule has 1 aliphatic rings. The second kappa shape index (κ2) is 5.23. The van der Waals surface area contributed by atoms with Crippen LogP contribution < -0.4 is 0 Å². The molecule has 0 spiro atoms. The van der Waals surface area contributed by atoms with Crippen molar-refractivity contribution >= 4 is 5.97 Å². The van der Waals surface area contributed by atoms with Crippen LogP contribution in [0.3, 0.4) is 0 Å². The third-order valence-corrected chi connectivity index (χ3v) is 2.54. The standard InChI is InChI=1S/C8H14O9/c9-1(4(12)7(14)15)2(10)6-3(11)5(13)8(16)17-6/h1-6,8-13,16H,(H,14,15). The summed E-state index contributed by atoms with van der Waals surface area (Å²) in [6.07, 6.45) is -13.2. The van der Waals surface area contributed by atoms with Gasteiger partial charge in [0.25, 0.3) is 0 Å². The first-order valence-electron chi connectivity index (χ1n) is 4.74. The second-order valence-electron chi connectivity index (χ2n) is 3.74. The average Bonchev–Trinajstić information content (AvgIpc) is 2.53. The minimum atomic E-state index is -2.28. The fourth-order valence-electron chi connectivity index (χ4n) is 1.49. The molecule has 9 nitrogen and oxygen atoms in total. The smallest absolute Gasteiger partial charge is 0.335 e. The minimum Gasteiger partial charge on any atom is -0.479 e. The molecule has 17 heavy (non-hydrogen) atoms. The first-order valence-corrected chi connectivity index (χ1v) is 4.74. The van der Waals surface area contributed by atoms with Crippen LogP contribution in [0.2, 0.25) is 0 Å². The predicted octanol–water partition coefficient (Wildman–Crippen LogP) is -4.41. The summed E-state index contributed by atoms with van der Waals surface area (Å²) < 4.78 is 4.54. The maximum Gasteiger partial charge on any atom is 0.335 e. The summed E-state index contributed by atoms with van der Waals surface area (Å²) >= 11 is 0. The fourth-order valence-corrected chi connectivity index (χ4v) is 1.49. The Balaban J connectivity index is 2.70. The maximum atomic E-state index is 10.3. The van der Waals surface area contributed by atoms with E-state index in [4.69, 9.17) is 20.4 Å². The highest BCUT2D eigenvalue weighted by molar-refractivity contribution is 5.72. The molecule has 0 bridgehead atoms. The zero-order chi connectivity index (χ0) is 13.3. The Morgan fingerprint density at radius 1 is 1.06 bits per heavy atom. The highest BCUT2D eigenvalue weighted by atomic mass is 16.6. The molecule has 0 aliphatic carbocycles. The lowest BCUT2D eigenvalue weighted by molar-refractivity contribution is -0.181. The lowest BCUT2D eigenvalue weighted by Crippen LogP contribution is -2.51. The van der Waals surface area contributed by atoms with Gasteiger partial charge < -0.3 is 40.5 Å². The molecule has 1 saturated heterocycles. The summed E-state index contributed by atoms with van der Waals surface area (Å²) in [5.74, 6) is -1.77. The van der Waals surface area contributed by atoms with E-state index in [2.05, 4.69) is 4.74 Å². The molecule has 0 aromatic heterocycles. The number of aliphatic hydroxyl groups excluding tert-OH is 6. The van der Waals surface area contributed by atoms with Crippen molar-refractivity contribution in [1.29, 1.82) is 0 Å². The Hall–Kier alpha value is -0.810. The van der Waals surface area contributed by atoms with Gasteiger partial charge in [-0.1, -0.05) is 0 Å². The van der Waals surface area contributed by atoms with Gasteiger partial charge in [0.05, 0.1) is 0 Å². The van der Waals surface area contributed by atoms with E-state index < -0.39 is 48.9 Å². The van der Waals surface area contributed by atoms with Gasteiger partial charge in [-0.15, -0.1) is 0 Å². The molecule has 0 saturated carbocycles. The highest BCUT2D eigenvalue weighted by Gasteiger charge is 2.48.